The van der Waals surface area contributed by atoms with Crippen LogP contribution in [0.25, 0.3) is 5.03 Å². The largest absolute Gasteiger partial charge is 0.292 e. The first-order valence-electron chi connectivity index (χ1n) is 8.01. The summed E-state index contributed by atoms with van der Waals surface area (Å²) in [5.74, 6) is 0. The van der Waals surface area contributed by atoms with E-state index in [0.29, 0.717) is 6.04 Å². The molecule has 0 spiro atoms. The van der Waals surface area contributed by atoms with Crippen LogP contribution in [0.4, 0.5) is 0 Å². The summed E-state index contributed by atoms with van der Waals surface area (Å²) >= 11 is 13.3. The predicted molar refractivity (Wildman–Crippen MR) is 91.8 cm³/mol. The molecule has 0 N–H and O–H groups in total. The topological polar surface area (TPSA) is 3.24 Å². The van der Waals surface area contributed by atoms with Crippen LogP contribution in [0.1, 0.15) is 61.8 Å². The minimum atomic E-state index is 0.547. The average molecular weight is 324 g/mol. The van der Waals surface area contributed by atoms with Crippen LogP contribution in [-0.2, 0) is 19.5 Å². The zero-order valence-electron chi connectivity index (χ0n) is 12.9. The maximum Gasteiger partial charge on any atom is 0.0447 e. The molecule has 0 radical (unpaired) electrons. The summed E-state index contributed by atoms with van der Waals surface area (Å²) in [6.07, 6.45) is 8.01. The van der Waals surface area contributed by atoms with E-state index in [1.807, 2.05) is 0 Å². The van der Waals surface area contributed by atoms with Gasteiger partial charge in [-0.3, -0.25) is 4.90 Å². The lowest BCUT2D eigenvalue weighted by Gasteiger charge is -2.19. The van der Waals surface area contributed by atoms with Crippen molar-refractivity contribution in [2.45, 2.75) is 65.1 Å². The Balaban J connectivity index is 2.11. The summed E-state index contributed by atoms with van der Waals surface area (Å²) < 4.78 is 0. The zero-order valence-corrected chi connectivity index (χ0v) is 14.4. The second-order valence-electron chi connectivity index (χ2n) is 6.50. The van der Waals surface area contributed by atoms with Crippen molar-refractivity contribution in [3.8, 4) is 0 Å². The molecule has 0 saturated heterocycles. The number of benzene rings is 1. The molecule has 0 unspecified atom stereocenters. The van der Waals surface area contributed by atoms with Gasteiger partial charge in [0, 0.05) is 34.7 Å². The van der Waals surface area contributed by atoms with Gasteiger partial charge in [-0.05, 0) is 62.3 Å². The van der Waals surface area contributed by atoms with Crippen molar-refractivity contribution in [3.05, 3.63) is 39.4 Å². The average Bonchev–Trinajstić information content (AvgIpc) is 2.87. The molecule has 1 aliphatic heterocycles. The summed E-state index contributed by atoms with van der Waals surface area (Å²) in [7, 11) is 0. The third-order valence-corrected chi connectivity index (χ3v) is 5.42. The fraction of sp³-hybridized carbons (Fsp3) is 0.556. The van der Waals surface area contributed by atoms with Gasteiger partial charge in [0.15, 0.2) is 0 Å². The van der Waals surface area contributed by atoms with Gasteiger partial charge in [0.2, 0.25) is 0 Å². The minimum Gasteiger partial charge on any atom is -0.292 e. The van der Waals surface area contributed by atoms with E-state index < -0.39 is 0 Å². The molecule has 1 nitrogen and oxygen atoms in total. The second-order valence-corrected chi connectivity index (χ2v) is 7.31. The molecule has 114 valence electrons. The highest BCUT2D eigenvalue weighted by Gasteiger charge is 2.27. The maximum absolute atomic E-state index is 6.66. The number of hydrogen-bond donors (Lipinski definition) is 0. The number of nitrogens with zero attached hydrogens (tertiary/aromatic N) is 1. The molecule has 21 heavy (non-hydrogen) atoms. The van der Waals surface area contributed by atoms with E-state index >= 15 is 0 Å². The van der Waals surface area contributed by atoms with Crippen LogP contribution >= 0.6 is 23.2 Å². The lowest BCUT2D eigenvalue weighted by Crippen LogP contribution is -2.24. The Hall–Kier alpha value is -0.500. The SMILES string of the molecule is CC(C)N1Cc2cc(Cl)c3c(c2C1)/C(Cl)=C\CCCCC3. The Labute approximate surface area is 137 Å². The summed E-state index contributed by atoms with van der Waals surface area (Å²) in [5.41, 5.74) is 5.28. The molecule has 0 bridgehead atoms. The van der Waals surface area contributed by atoms with Gasteiger partial charge in [-0.25, -0.2) is 0 Å². The van der Waals surface area contributed by atoms with Crippen LogP contribution in [0.5, 0.6) is 0 Å². The molecule has 0 aromatic heterocycles. The Kier molecular flexibility index (Phi) is 4.63. The van der Waals surface area contributed by atoms with Crippen molar-refractivity contribution in [1.82, 2.24) is 4.90 Å². The van der Waals surface area contributed by atoms with E-state index in [9.17, 15) is 0 Å². The number of fused-ring (bicyclic) bond motifs is 3. The molecular formula is C18H23Cl2N. The van der Waals surface area contributed by atoms with E-state index in [4.69, 9.17) is 23.2 Å². The standard InChI is InChI=1S/C18H23Cl2N/c1-12(2)21-10-13-9-17(20)14-7-5-3-4-6-8-16(19)18(14)15(13)11-21/h8-9,12H,3-7,10-11H2,1-2H3/b16-8+. The zero-order chi connectivity index (χ0) is 15.0. The number of halogens is 2. The lowest BCUT2D eigenvalue weighted by atomic mass is 9.94. The first kappa shape index (κ1) is 15.4. The van der Waals surface area contributed by atoms with Gasteiger partial charge in [0.25, 0.3) is 0 Å². The summed E-state index contributed by atoms with van der Waals surface area (Å²) in [6.45, 7) is 6.49. The molecule has 0 saturated carbocycles. The third kappa shape index (κ3) is 3.02. The van der Waals surface area contributed by atoms with E-state index in [-0.39, 0.29) is 0 Å². The van der Waals surface area contributed by atoms with Gasteiger partial charge in [0.1, 0.15) is 0 Å². The molecule has 2 aliphatic rings. The molecule has 3 rings (SSSR count). The van der Waals surface area contributed by atoms with E-state index in [1.165, 1.54) is 41.5 Å². The van der Waals surface area contributed by atoms with Gasteiger partial charge >= 0.3 is 0 Å². The first-order chi connectivity index (χ1) is 10.1. The van der Waals surface area contributed by atoms with Crippen LogP contribution in [0.15, 0.2) is 12.1 Å². The molecule has 0 fully saturated rings. The molecule has 1 heterocycles. The highest BCUT2D eigenvalue weighted by atomic mass is 35.5. The Morgan fingerprint density at radius 1 is 1.05 bits per heavy atom. The van der Waals surface area contributed by atoms with E-state index in [2.05, 4.69) is 30.9 Å². The van der Waals surface area contributed by atoms with Crippen LogP contribution in [0.2, 0.25) is 5.02 Å². The molecule has 3 heteroatoms. The normalized spacial score (nSPS) is 22.0. The van der Waals surface area contributed by atoms with Crippen molar-refractivity contribution < 1.29 is 0 Å². The monoisotopic (exact) mass is 323 g/mol. The van der Waals surface area contributed by atoms with Crippen LogP contribution in [0, 0.1) is 0 Å². The smallest absolute Gasteiger partial charge is 0.0447 e. The minimum absolute atomic E-state index is 0.547. The number of rotatable bonds is 1. The Bertz CT molecular complexity index is 575. The summed E-state index contributed by atoms with van der Waals surface area (Å²) in [6, 6.07) is 2.73. The third-order valence-electron chi connectivity index (χ3n) is 4.74. The van der Waals surface area contributed by atoms with Gasteiger partial charge in [-0.1, -0.05) is 35.7 Å². The first-order valence-corrected chi connectivity index (χ1v) is 8.76. The van der Waals surface area contributed by atoms with Gasteiger partial charge in [-0.15, -0.1) is 0 Å². The quantitative estimate of drug-likeness (QED) is 0.635. The van der Waals surface area contributed by atoms with Crippen molar-refractivity contribution in [3.63, 3.8) is 0 Å². The number of allylic oxidation sites excluding steroid dienone is 1. The van der Waals surface area contributed by atoms with Crippen molar-refractivity contribution in [1.29, 1.82) is 0 Å². The maximum atomic E-state index is 6.66. The molecule has 1 aromatic rings. The lowest BCUT2D eigenvalue weighted by molar-refractivity contribution is 0.227. The van der Waals surface area contributed by atoms with Gasteiger partial charge in [0.05, 0.1) is 0 Å². The van der Waals surface area contributed by atoms with Crippen molar-refractivity contribution in [2.24, 2.45) is 0 Å². The van der Waals surface area contributed by atoms with Crippen molar-refractivity contribution in [2.75, 3.05) is 0 Å². The number of hydrogen-bond acceptors (Lipinski definition) is 1. The van der Waals surface area contributed by atoms with Gasteiger partial charge < -0.3 is 0 Å². The molecule has 1 aromatic carbocycles. The van der Waals surface area contributed by atoms with Crippen molar-refractivity contribution >= 4 is 28.2 Å². The predicted octanol–water partition coefficient (Wildman–Crippen LogP) is 5.76. The molecule has 0 amide bonds. The Morgan fingerprint density at radius 3 is 2.62 bits per heavy atom. The van der Waals surface area contributed by atoms with E-state index in [1.54, 1.807) is 0 Å². The summed E-state index contributed by atoms with van der Waals surface area (Å²) in [5, 5.41) is 1.82. The highest BCUT2D eigenvalue weighted by Crippen LogP contribution is 2.40. The summed E-state index contributed by atoms with van der Waals surface area (Å²) in [4.78, 5) is 2.48. The molecular weight excluding hydrogens is 301 g/mol. The molecule has 0 atom stereocenters. The van der Waals surface area contributed by atoms with E-state index in [0.717, 1.165) is 36.0 Å². The fourth-order valence-corrected chi connectivity index (χ4v) is 4.10. The Morgan fingerprint density at radius 2 is 1.86 bits per heavy atom. The molecule has 1 aliphatic carbocycles. The highest BCUT2D eigenvalue weighted by molar-refractivity contribution is 6.49. The van der Waals surface area contributed by atoms with Gasteiger partial charge in [-0.2, -0.15) is 0 Å². The van der Waals surface area contributed by atoms with Crippen LogP contribution in [-0.4, -0.2) is 10.9 Å². The second kappa shape index (κ2) is 6.32. The van der Waals surface area contributed by atoms with Crippen LogP contribution < -0.4 is 0 Å². The van der Waals surface area contributed by atoms with Crippen LogP contribution in [0.3, 0.4) is 0 Å². The fourth-order valence-electron chi connectivity index (χ4n) is 3.44.